The van der Waals surface area contributed by atoms with Gasteiger partial charge in [-0.15, -0.1) is 0 Å². The summed E-state index contributed by atoms with van der Waals surface area (Å²) in [4.78, 5) is 1.51. The normalized spacial score (nSPS) is 12.7. The van der Waals surface area contributed by atoms with Crippen molar-refractivity contribution in [3.8, 4) is 0 Å². The van der Waals surface area contributed by atoms with Crippen LogP contribution >= 0.6 is 0 Å². The van der Waals surface area contributed by atoms with Gasteiger partial charge in [0.05, 0.1) is 0 Å². The first kappa shape index (κ1) is 16.6. The van der Waals surface area contributed by atoms with Gasteiger partial charge in [-0.1, -0.05) is 18.2 Å². The second kappa shape index (κ2) is 7.10. The minimum atomic E-state index is -4.15. The molecule has 0 aliphatic heterocycles. The van der Waals surface area contributed by atoms with Gasteiger partial charge in [-0.05, 0) is 19.1 Å². The molecule has 84 valence electrons. The second-order valence-electron chi connectivity index (χ2n) is 3.09. The fraction of sp³-hybridized carbons (Fsp3) is 0.300. The van der Waals surface area contributed by atoms with Gasteiger partial charge in [0.25, 0.3) is 10.1 Å². The van der Waals surface area contributed by atoms with Crippen LogP contribution in [-0.4, -0.2) is 24.9 Å². The fourth-order valence-electron chi connectivity index (χ4n) is 1.33. The van der Waals surface area contributed by atoms with Gasteiger partial charge < -0.3 is 11.8 Å². The zero-order valence-electron chi connectivity index (χ0n) is 9.50. The molecule has 1 rings (SSSR count). The summed E-state index contributed by atoms with van der Waals surface area (Å²) in [6.45, 7) is 5.70. The first-order valence-corrected chi connectivity index (χ1v) is 6.08. The molecule has 0 aliphatic rings. The molecular weight excluding hydrogens is 253 g/mol. The van der Waals surface area contributed by atoms with Crippen molar-refractivity contribution in [3.05, 3.63) is 37.3 Å². The molecule has 1 aromatic rings. The predicted octanol–water partition coefficient (Wildman–Crippen LogP) is -1.44. The Morgan fingerprint density at radius 1 is 1.38 bits per heavy atom. The Hall–Kier alpha value is 0.566. The molecule has 16 heavy (non-hydrogen) atoms. The van der Waals surface area contributed by atoms with E-state index in [1.54, 1.807) is 31.2 Å². The quantitative estimate of drug-likeness (QED) is 0.413. The van der Waals surface area contributed by atoms with E-state index < -0.39 is 15.5 Å². The van der Waals surface area contributed by atoms with Gasteiger partial charge >= 0.3 is 51.4 Å². The van der Waals surface area contributed by atoms with Crippen molar-refractivity contribution in [2.45, 2.75) is 12.3 Å². The van der Waals surface area contributed by atoms with E-state index in [9.17, 15) is 8.42 Å². The van der Waals surface area contributed by atoms with Crippen LogP contribution in [0, 0.1) is 6.92 Å². The summed E-state index contributed by atoms with van der Waals surface area (Å²) in [5.41, 5.74) is 0.720. The second-order valence-corrected chi connectivity index (χ2v) is 4.67. The zero-order valence-corrected chi connectivity index (χ0v) is 13.4. The van der Waals surface area contributed by atoms with E-state index in [0.717, 1.165) is 5.69 Å². The van der Waals surface area contributed by atoms with Crippen LogP contribution < -0.4 is 56.3 Å². The van der Waals surface area contributed by atoms with Crippen LogP contribution in [-0.2, 0) is 10.1 Å². The Bertz CT molecular complexity index is 407. The summed E-state index contributed by atoms with van der Waals surface area (Å²) >= 11 is 0. The molecule has 0 heterocycles. The Morgan fingerprint density at radius 2 is 1.88 bits per heavy atom. The molecule has 0 aliphatic carbocycles. The molecule has 0 aromatic heterocycles. The molecule has 0 fully saturated rings. The van der Waals surface area contributed by atoms with Crippen molar-refractivity contribution in [2.75, 3.05) is 11.4 Å². The maximum absolute atomic E-state index is 11.0. The van der Waals surface area contributed by atoms with Crippen molar-refractivity contribution in [1.82, 2.24) is 0 Å². The van der Waals surface area contributed by atoms with E-state index in [4.69, 9.17) is 4.55 Å². The van der Waals surface area contributed by atoms with E-state index in [2.05, 4.69) is 6.92 Å². The Labute approximate surface area is 139 Å². The van der Waals surface area contributed by atoms with E-state index >= 15 is 0 Å². The minimum Gasteiger partial charge on any atom is -0.382 e. The maximum Gasteiger partial charge on any atom is 1.00 e. The van der Waals surface area contributed by atoms with Crippen LogP contribution in [0.2, 0.25) is 0 Å². The van der Waals surface area contributed by atoms with E-state index in [-0.39, 0.29) is 51.4 Å². The fourth-order valence-corrected chi connectivity index (χ4v) is 1.93. The number of rotatable bonds is 4. The average Bonchev–Trinajstić information content (AvgIpc) is 2.19. The van der Waals surface area contributed by atoms with Gasteiger partial charge in [-0.3, -0.25) is 4.55 Å². The summed E-state index contributed by atoms with van der Waals surface area (Å²) in [5, 5.41) is -1.18. The molecule has 0 bridgehead atoms. The molecule has 0 saturated carbocycles. The van der Waals surface area contributed by atoms with E-state index in [1.165, 1.54) is 4.90 Å². The van der Waals surface area contributed by atoms with Crippen molar-refractivity contribution >= 4 is 15.8 Å². The SMILES string of the molecule is [CH2-]C(N(CC)c1ccccc1)S(=O)(=O)O.[K+]. The van der Waals surface area contributed by atoms with Crippen LogP contribution in [0.15, 0.2) is 30.3 Å². The smallest absolute Gasteiger partial charge is 0.382 e. The molecule has 1 aromatic carbocycles. The third-order valence-corrected chi connectivity index (χ3v) is 3.06. The molecule has 6 heteroatoms. The molecule has 1 N–H and O–H groups in total. The van der Waals surface area contributed by atoms with Gasteiger partial charge in [0, 0.05) is 17.6 Å². The Kier molecular flexibility index (Phi) is 7.35. The van der Waals surface area contributed by atoms with Crippen molar-refractivity contribution < 1.29 is 64.4 Å². The van der Waals surface area contributed by atoms with Gasteiger partial charge in [0.1, 0.15) is 0 Å². The molecular formula is C10H14KNO3S. The minimum absolute atomic E-state index is 0. The number of hydrogen-bond acceptors (Lipinski definition) is 3. The van der Waals surface area contributed by atoms with E-state index in [0.29, 0.717) is 6.54 Å². The Balaban J connectivity index is 0.00000225. The van der Waals surface area contributed by atoms with Gasteiger partial charge in [-0.2, -0.15) is 0 Å². The molecule has 0 amide bonds. The summed E-state index contributed by atoms with van der Waals surface area (Å²) in [6, 6.07) is 8.98. The number of para-hydroxylation sites is 1. The molecule has 0 radical (unpaired) electrons. The van der Waals surface area contributed by atoms with Crippen LogP contribution in [0.1, 0.15) is 6.92 Å². The monoisotopic (exact) mass is 267 g/mol. The van der Waals surface area contributed by atoms with Crippen LogP contribution in [0.4, 0.5) is 5.69 Å². The van der Waals surface area contributed by atoms with Crippen LogP contribution in [0.25, 0.3) is 0 Å². The third kappa shape index (κ3) is 4.44. The molecule has 0 saturated heterocycles. The maximum atomic E-state index is 11.0. The topological polar surface area (TPSA) is 57.6 Å². The van der Waals surface area contributed by atoms with E-state index in [1.807, 2.05) is 6.07 Å². The van der Waals surface area contributed by atoms with Gasteiger partial charge in [0.15, 0.2) is 0 Å². The van der Waals surface area contributed by atoms with Crippen molar-refractivity contribution in [3.63, 3.8) is 0 Å². The average molecular weight is 267 g/mol. The number of hydrogen-bond donors (Lipinski definition) is 1. The third-order valence-electron chi connectivity index (χ3n) is 2.12. The largest absolute Gasteiger partial charge is 1.00 e. The summed E-state index contributed by atoms with van der Waals surface area (Å²) in [5.74, 6) is 0. The zero-order chi connectivity index (χ0) is 11.5. The van der Waals surface area contributed by atoms with Gasteiger partial charge in [-0.25, -0.2) is 8.42 Å². The van der Waals surface area contributed by atoms with Crippen LogP contribution in [0.5, 0.6) is 0 Å². The molecule has 4 nitrogen and oxygen atoms in total. The summed E-state index contributed by atoms with van der Waals surface area (Å²) in [7, 11) is -4.15. The van der Waals surface area contributed by atoms with Crippen LogP contribution in [0.3, 0.4) is 0 Å². The Morgan fingerprint density at radius 3 is 2.25 bits per heavy atom. The summed E-state index contributed by atoms with van der Waals surface area (Å²) < 4.78 is 30.8. The predicted molar refractivity (Wildman–Crippen MR) is 60.2 cm³/mol. The number of benzene rings is 1. The standard InChI is InChI=1S/C10H14NO3S.K/c1-3-11(9(2)15(12,13)14)10-7-5-4-6-8-10;/h4-9H,2-3H2,1H3,(H,12,13,14);/q-1;+1. The van der Waals surface area contributed by atoms with Gasteiger partial charge in [0.2, 0.25) is 0 Å². The molecule has 1 unspecified atom stereocenters. The van der Waals surface area contributed by atoms with Crippen molar-refractivity contribution in [1.29, 1.82) is 0 Å². The molecule has 0 spiro atoms. The summed E-state index contributed by atoms with van der Waals surface area (Å²) in [6.07, 6.45) is 0. The number of anilines is 1. The van der Waals surface area contributed by atoms with Crippen molar-refractivity contribution in [2.24, 2.45) is 0 Å². The molecule has 1 atom stereocenters. The number of nitrogens with zero attached hydrogens (tertiary/aromatic N) is 1. The first-order valence-electron chi connectivity index (χ1n) is 4.58. The first-order chi connectivity index (χ1) is 6.96.